The fourth-order valence-electron chi connectivity index (χ4n) is 9.89. The van der Waals surface area contributed by atoms with Gasteiger partial charge in [-0.1, -0.05) is 190 Å². The van der Waals surface area contributed by atoms with E-state index in [0.717, 1.165) is 0 Å². The normalized spacial score (nSPS) is 13.2. The summed E-state index contributed by atoms with van der Waals surface area (Å²) in [6.07, 6.45) is 0. The summed E-state index contributed by atoms with van der Waals surface area (Å²) >= 11 is 0. The van der Waals surface area contributed by atoms with E-state index < -0.39 is 0 Å². The first-order chi connectivity index (χ1) is 26.1. The molecule has 0 saturated heterocycles. The Morgan fingerprint density at radius 3 is 1.36 bits per heavy atom. The van der Waals surface area contributed by atoms with E-state index in [1.165, 1.54) is 109 Å². The molecule has 1 aliphatic carbocycles. The van der Waals surface area contributed by atoms with Gasteiger partial charge in [0.05, 0.1) is 0 Å². The summed E-state index contributed by atoms with van der Waals surface area (Å²) in [5.74, 6) is 0. The molecule has 0 bridgehead atoms. The minimum absolute atomic E-state index is 0.224. The van der Waals surface area contributed by atoms with Gasteiger partial charge in [0.2, 0.25) is 0 Å². The molecule has 0 amide bonds. The number of rotatable bonds is 3. The van der Waals surface area contributed by atoms with Gasteiger partial charge in [-0.15, -0.1) is 0 Å². The lowest BCUT2D eigenvalue weighted by Crippen LogP contribution is -2.17. The van der Waals surface area contributed by atoms with E-state index in [0.29, 0.717) is 0 Å². The van der Waals surface area contributed by atoms with Crippen molar-refractivity contribution in [3.63, 3.8) is 0 Å². The third-order valence-electron chi connectivity index (χ3n) is 12.0. The molecule has 0 N–H and O–H groups in total. The average Bonchev–Trinajstić information content (AvgIpc) is 3.46. The van der Waals surface area contributed by atoms with Gasteiger partial charge in [0.15, 0.2) is 0 Å². The molecule has 0 fully saturated rings. The number of fused-ring (bicyclic) bond motifs is 11. The highest BCUT2D eigenvalue weighted by Gasteiger charge is 2.40. The molecule has 10 aromatic rings. The maximum atomic E-state index is 2.44. The summed E-state index contributed by atoms with van der Waals surface area (Å²) in [5, 5.41) is 13.0. The van der Waals surface area contributed by atoms with Gasteiger partial charge in [-0.2, -0.15) is 0 Å². The molecule has 1 aliphatic rings. The van der Waals surface area contributed by atoms with Gasteiger partial charge >= 0.3 is 0 Å². The predicted molar refractivity (Wildman–Crippen MR) is 228 cm³/mol. The van der Waals surface area contributed by atoms with Crippen molar-refractivity contribution < 1.29 is 0 Å². The van der Waals surface area contributed by atoms with Gasteiger partial charge in [0, 0.05) is 5.41 Å². The van der Waals surface area contributed by atoms with Crippen LogP contribution in [0, 0.1) is 0 Å². The molecule has 0 unspecified atom stereocenters. The first-order valence-electron chi connectivity index (χ1n) is 18.7. The molecule has 0 heterocycles. The zero-order valence-electron chi connectivity index (χ0n) is 29.8. The lowest BCUT2D eigenvalue weighted by Gasteiger charge is -2.27. The number of hydrogen-bond donors (Lipinski definition) is 0. The maximum Gasteiger partial charge on any atom is 0.0171 e. The third kappa shape index (κ3) is 4.24. The first kappa shape index (κ1) is 30.2. The highest BCUT2D eigenvalue weighted by molar-refractivity contribution is 6.24. The largest absolute Gasteiger partial charge is 0.0616 e. The number of hydrogen-bond acceptors (Lipinski definition) is 0. The molecule has 0 heteroatoms. The maximum absolute atomic E-state index is 2.44. The van der Waals surface area contributed by atoms with Crippen LogP contribution in [-0.4, -0.2) is 0 Å². The smallest absolute Gasteiger partial charge is 0.0171 e. The van der Waals surface area contributed by atoms with Crippen molar-refractivity contribution in [2.24, 2.45) is 0 Å². The highest BCUT2D eigenvalue weighted by atomic mass is 14.4. The molecule has 0 atom stereocenters. The Morgan fingerprint density at radius 1 is 0.283 bits per heavy atom. The second-order valence-corrected chi connectivity index (χ2v) is 15.1. The Kier molecular flexibility index (Phi) is 6.40. The van der Waals surface area contributed by atoms with E-state index in [9.17, 15) is 0 Å². The summed E-state index contributed by atoms with van der Waals surface area (Å²) < 4.78 is 0. The summed E-state index contributed by atoms with van der Waals surface area (Å²) in [4.78, 5) is 0. The van der Waals surface area contributed by atoms with Gasteiger partial charge in [-0.25, -0.2) is 0 Å². The SMILES string of the molecule is CC1(C)c2c(-c3c4ccccc4c(-c4cccc(-c5cccc6ccccc56)c4)c4ccccc34)cccc2-c2c1c1ccccc1c1ccccc21. The molecule has 11 rings (SSSR count). The van der Waals surface area contributed by atoms with E-state index in [2.05, 4.69) is 196 Å². The van der Waals surface area contributed by atoms with Crippen LogP contribution in [0.5, 0.6) is 0 Å². The lowest BCUT2D eigenvalue weighted by molar-refractivity contribution is 0.668. The van der Waals surface area contributed by atoms with Crippen molar-refractivity contribution in [3.05, 3.63) is 193 Å². The van der Waals surface area contributed by atoms with Crippen molar-refractivity contribution >= 4 is 53.9 Å². The van der Waals surface area contributed by atoms with Crippen molar-refractivity contribution in [2.45, 2.75) is 19.3 Å². The summed E-state index contributed by atoms with van der Waals surface area (Å²) in [6.45, 7) is 4.89. The zero-order chi connectivity index (χ0) is 35.3. The van der Waals surface area contributed by atoms with Gasteiger partial charge < -0.3 is 0 Å². The standard InChI is InChI=1S/C53H36/c1-53(2)51-46(30-15-31-47(51)50-40-23-7-5-21-38(40)39-22-6-12-28-45(39)52(50)53)49-43-26-10-8-24-41(43)48(42-25-9-11-27-44(42)49)35-19-13-18-34(32-35)37-29-14-17-33-16-3-4-20-36(33)37/h3-32H,1-2H3. The van der Waals surface area contributed by atoms with Crippen molar-refractivity contribution in [3.8, 4) is 44.5 Å². The second-order valence-electron chi connectivity index (χ2n) is 15.1. The van der Waals surface area contributed by atoms with Crippen LogP contribution < -0.4 is 0 Å². The molecule has 248 valence electrons. The van der Waals surface area contributed by atoms with Crippen LogP contribution in [0.2, 0.25) is 0 Å². The molecule has 0 aromatic heterocycles. The van der Waals surface area contributed by atoms with Gasteiger partial charge in [-0.05, 0) is 116 Å². The Bertz CT molecular complexity index is 3080. The van der Waals surface area contributed by atoms with E-state index >= 15 is 0 Å². The minimum Gasteiger partial charge on any atom is -0.0616 e. The quantitative estimate of drug-likeness (QED) is 0.129. The Labute approximate surface area is 309 Å². The van der Waals surface area contributed by atoms with E-state index in [1.54, 1.807) is 0 Å². The molecule has 10 aromatic carbocycles. The highest BCUT2D eigenvalue weighted by Crippen LogP contribution is 2.58. The lowest BCUT2D eigenvalue weighted by atomic mass is 9.75. The van der Waals surface area contributed by atoms with Crippen LogP contribution >= 0.6 is 0 Å². The topological polar surface area (TPSA) is 0 Å². The second kappa shape index (κ2) is 11.2. The fourth-order valence-corrected chi connectivity index (χ4v) is 9.89. The van der Waals surface area contributed by atoms with E-state index in [-0.39, 0.29) is 5.41 Å². The Balaban J connectivity index is 1.21. The average molecular weight is 673 g/mol. The van der Waals surface area contributed by atoms with Crippen LogP contribution in [0.25, 0.3) is 98.4 Å². The van der Waals surface area contributed by atoms with Crippen molar-refractivity contribution in [2.75, 3.05) is 0 Å². The first-order valence-corrected chi connectivity index (χ1v) is 18.7. The predicted octanol–water partition coefficient (Wildman–Crippen LogP) is 14.8. The molecular formula is C53H36. The molecular weight excluding hydrogens is 637 g/mol. The molecule has 0 aliphatic heterocycles. The van der Waals surface area contributed by atoms with Gasteiger partial charge in [0.1, 0.15) is 0 Å². The van der Waals surface area contributed by atoms with Gasteiger partial charge in [0.25, 0.3) is 0 Å². The Hall–Kier alpha value is -6.50. The van der Waals surface area contributed by atoms with Crippen LogP contribution in [0.4, 0.5) is 0 Å². The molecule has 53 heavy (non-hydrogen) atoms. The van der Waals surface area contributed by atoms with Crippen LogP contribution in [0.15, 0.2) is 182 Å². The Morgan fingerprint density at radius 2 is 0.698 bits per heavy atom. The van der Waals surface area contributed by atoms with Crippen LogP contribution in [0.3, 0.4) is 0 Å². The summed E-state index contributed by atoms with van der Waals surface area (Å²) in [7, 11) is 0. The zero-order valence-corrected chi connectivity index (χ0v) is 29.8. The van der Waals surface area contributed by atoms with Crippen molar-refractivity contribution in [1.29, 1.82) is 0 Å². The molecule has 0 saturated carbocycles. The minimum atomic E-state index is -0.224. The van der Waals surface area contributed by atoms with E-state index in [4.69, 9.17) is 0 Å². The third-order valence-corrected chi connectivity index (χ3v) is 12.0. The van der Waals surface area contributed by atoms with Gasteiger partial charge in [-0.3, -0.25) is 0 Å². The fraction of sp³-hybridized carbons (Fsp3) is 0.0566. The number of benzene rings is 10. The van der Waals surface area contributed by atoms with Crippen molar-refractivity contribution in [1.82, 2.24) is 0 Å². The summed E-state index contributed by atoms with van der Waals surface area (Å²) in [6, 6.07) is 67.7. The van der Waals surface area contributed by atoms with Crippen LogP contribution in [0.1, 0.15) is 25.0 Å². The monoisotopic (exact) mass is 672 g/mol. The molecule has 0 radical (unpaired) electrons. The molecule has 0 nitrogen and oxygen atoms in total. The summed E-state index contributed by atoms with van der Waals surface area (Å²) in [5.41, 5.74) is 13.0. The van der Waals surface area contributed by atoms with E-state index in [1.807, 2.05) is 0 Å². The van der Waals surface area contributed by atoms with Crippen LogP contribution in [-0.2, 0) is 5.41 Å². The molecule has 0 spiro atoms.